The number of fused-ring (bicyclic) bond motifs is 1. The Bertz CT molecular complexity index is 816. The van der Waals surface area contributed by atoms with Crippen LogP contribution in [0.15, 0.2) is 48.7 Å². The van der Waals surface area contributed by atoms with Crippen LogP contribution in [0.4, 0.5) is 5.69 Å². The molecule has 23 heavy (non-hydrogen) atoms. The largest absolute Gasteiger partial charge is 0.492 e. The maximum absolute atomic E-state index is 12.1. The lowest BCUT2D eigenvalue weighted by molar-refractivity contribution is -0.118. The molecule has 0 aliphatic heterocycles. The molecule has 3 aromatic rings. The van der Waals surface area contributed by atoms with Crippen molar-refractivity contribution in [1.82, 2.24) is 14.6 Å². The maximum Gasteiger partial charge on any atom is 0.322 e. The van der Waals surface area contributed by atoms with Gasteiger partial charge in [-0.3, -0.25) is 9.20 Å². The standard InChI is InChI=1S/C16H16N4O3/c1-2-22-13-8-4-3-7-12(13)17-15(21)11-23-16-19-18-14-9-5-6-10-20(14)16/h3-10H,2,11H2,1H3,(H,17,21). The van der Waals surface area contributed by atoms with Gasteiger partial charge in [0.2, 0.25) is 0 Å². The SMILES string of the molecule is CCOc1ccccc1NC(=O)COc1nnc2ccccn12. The van der Waals surface area contributed by atoms with Crippen LogP contribution in [-0.2, 0) is 4.79 Å². The highest BCUT2D eigenvalue weighted by Gasteiger charge is 2.11. The molecular weight excluding hydrogens is 296 g/mol. The molecule has 1 amide bonds. The molecule has 0 saturated carbocycles. The fraction of sp³-hybridized carbons (Fsp3) is 0.188. The van der Waals surface area contributed by atoms with Crippen LogP contribution in [0.25, 0.3) is 5.65 Å². The van der Waals surface area contributed by atoms with Gasteiger partial charge in [0.1, 0.15) is 5.75 Å². The van der Waals surface area contributed by atoms with Crippen LogP contribution in [0.5, 0.6) is 11.8 Å². The van der Waals surface area contributed by atoms with Crippen molar-refractivity contribution in [3.8, 4) is 11.8 Å². The molecule has 1 N–H and O–H groups in total. The second kappa shape index (κ2) is 6.78. The van der Waals surface area contributed by atoms with Crippen LogP contribution in [0, 0.1) is 0 Å². The van der Waals surface area contributed by atoms with E-state index in [-0.39, 0.29) is 18.5 Å². The molecule has 2 heterocycles. The van der Waals surface area contributed by atoms with Crippen molar-refractivity contribution in [3.05, 3.63) is 48.7 Å². The number of para-hydroxylation sites is 2. The van der Waals surface area contributed by atoms with E-state index in [1.165, 1.54) is 0 Å². The monoisotopic (exact) mass is 312 g/mol. The molecule has 0 saturated heterocycles. The Kier molecular flexibility index (Phi) is 4.37. The van der Waals surface area contributed by atoms with Crippen LogP contribution >= 0.6 is 0 Å². The van der Waals surface area contributed by atoms with Gasteiger partial charge in [-0.05, 0) is 31.2 Å². The number of rotatable bonds is 6. The molecule has 0 bridgehead atoms. The number of pyridine rings is 1. The molecule has 0 aliphatic rings. The molecule has 7 heteroatoms. The van der Waals surface area contributed by atoms with Crippen molar-refractivity contribution < 1.29 is 14.3 Å². The number of nitrogens with zero attached hydrogens (tertiary/aromatic N) is 3. The van der Waals surface area contributed by atoms with E-state index < -0.39 is 0 Å². The fourth-order valence-electron chi connectivity index (χ4n) is 2.09. The highest BCUT2D eigenvalue weighted by Crippen LogP contribution is 2.23. The highest BCUT2D eigenvalue weighted by atomic mass is 16.5. The molecular formula is C16H16N4O3. The van der Waals surface area contributed by atoms with Gasteiger partial charge in [0.15, 0.2) is 12.3 Å². The van der Waals surface area contributed by atoms with E-state index in [9.17, 15) is 4.79 Å². The minimum Gasteiger partial charge on any atom is -0.492 e. The van der Waals surface area contributed by atoms with E-state index in [2.05, 4.69) is 15.5 Å². The molecule has 7 nitrogen and oxygen atoms in total. The Balaban J connectivity index is 1.64. The molecule has 1 aromatic carbocycles. The van der Waals surface area contributed by atoms with Crippen LogP contribution in [0.2, 0.25) is 0 Å². The van der Waals surface area contributed by atoms with Crippen LogP contribution in [0.3, 0.4) is 0 Å². The predicted octanol–water partition coefficient (Wildman–Crippen LogP) is 2.15. The van der Waals surface area contributed by atoms with E-state index >= 15 is 0 Å². The smallest absolute Gasteiger partial charge is 0.322 e. The fourth-order valence-corrected chi connectivity index (χ4v) is 2.09. The van der Waals surface area contributed by atoms with Crippen molar-refractivity contribution in [3.63, 3.8) is 0 Å². The molecule has 0 aliphatic carbocycles. The Morgan fingerprint density at radius 3 is 2.83 bits per heavy atom. The number of ether oxygens (including phenoxy) is 2. The highest BCUT2D eigenvalue weighted by molar-refractivity contribution is 5.93. The molecule has 0 fully saturated rings. The number of carbonyl (C=O) groups is 1. The summed E-state index contributed by atoms with van der Waals surface area (Å²) >= 11 is 0. The summed E-state index contributed by atoms with van der Waals surface area (Å²) in [5.41, 5.74) is 1.26. The van der Waals surface area contributed by atoms with Crippen molar-refractivity contribution >= 4 is 17.2 Å². The second-order valence-electron chi connectivity index (χ2n) is 4.68. The summed E-state index contributed by atoms with van der Waals surface area (Å²) in [4.78, 5) is 12.1. The number of carbonyl (C=O) groups excluding carboxylic acids is 1. The lowest BCUT2D eigenvalue weighted by Gasteiger charge is -2.11. The first-order valence-electron chi connectivity index (χ1n) is 7.22. The predicted molar refractivity (Wildman–Crippen MR) is 84.7 cm³/mol. The first-order valence-corrected chi connectivity index (χ1v) is 7.22. The average molecular weight is 312 g/mol. The Morgan fingerprint density at radius 1 is 1.13 bits per heavy atom. The van der Waals surface area contributed by atoms with Gasteiger partial charge in [0.25, 0.3) is 5.91 Å². The summed E-state index contributed by atoms with van der Waals surface area (Å²) in [5, 5.41) is 10.6. The topological polar surface area (TPSA) is 77.8 Å². The zero-order valence-electron chi connectivity index (χ0n) is 12.6. The third-order valence-corrected chi connectivity index (χ3v) is 3.08. The normalized spacial score (nSPS) is 10.5. The zero-order valence-corrected chi connectivity index (χ0v) is 12.6. The first-order chi connectivity index (χ1) is 11.3. The summed E-state index contributed by atoms with van der Waals surface area (Å²) in [7, 11) is 0. The minimum atomic E-state index is -0.301. The second-order valence-corrected chi connectivity index (χ2v) is 4.68. The quantitative estimate of drug-likeness (QED) is 0.754. The van der Waals surface area contributed by atoms with Crippen molar-refractivity contribution in [2.45, 2.75) is 6.92 Å². The van der Waals surface area contributed by atoms with Gasteiger partial charge >= 0.3 is 6.01 Å². The van der Waals surface area contributed by atoms with Gasteiger partial charge in [0, 0.05) is 6.20 Å². The number of nitrogens with one attached hydrogen (secondary N) is 1. The van der Waals surface area contributed by atoms with Gasteiger partial charge in [0.05, 0.1) is 12.3 Å². The van der Waals surface area contributed by atoms with Gasteiger partial charge < -0.3 is 14.8 Å². The van der Waals surface area contributed by atoms with Crippen molar-refractivity contribution in [2.24, 2.45) is 0 Å². The van der Waals surface area contributed by atoms with Crippen LogP contribution in [0.1, 0.15) is 6.92 Å². The summed E-state index contributed by atoms with van der Waals surface area (Å²) < 4.78 is 12.6. The Morgan fingerprint density at radius 2 is 1.96 bits per heavy atom. The van der Waals surface area contributed by atoms with Gasteiger partial charge in [-0.1, -0.05) is 23.3 Å². The molecule has 0 unspecified atom stereocenters. The lowest BCUT2D eigenvalue weighted by atomic mass is 10.3. The average Bonchev–Trinajstić information content (AvgIpc) is 2.98. The molecule has 2 aromatic heterocycles. The summed E-state index contributed by atoms with van der Waals surface area (Å²) in [6.45, 7) is 2.24. The summed E-state index contributed by atoms with van der Waals surface area (Å²) in [6, 6.07) is 13.0. The van der Waals surface area contributed by atoms with Gasteiger partial charge in [-0.25, -0.2) is 0 Å². The van der Waals surface area contributed by atoms with E-state index in [0.29, 0.717) is 23.7 Å². The number of amides is 1. The van der Waals surface area contributed by atoms with E-state index in [1.54, 1.807) is 28.8 Å². The van der Waals surface area contributed by atoms with Gasteiger partial charge in [-0.15, -0.1) is 5.10 Å². The number of aromatic nitrogens is 3. The van der Waals surface area contributed by atoms with E-state index in [0.717, 1.165) is 0 Å². The van der Waals surface area contributed by atoms with Crippen molar-refractivity contribution in [1.29, 1.82) is 0 Å². The third-order valence-electron chi connectivity index (χ3n) is 3.08. The number of anilines is 1. The molecule has 3 rings (SSSR count). The van der Waals surface area contributed by atoms with Gasteiger partial charge in [-0.2, -0.15) is 0 Å². The number of hydrogen-bond acceptors (Lipinski definition) is 5. The molecule has 118 valence electrons. The number of hydrogen-bond donors (Lipinski definition) is 1. The minimum absolute atomic E-state index is 0.170. The van der Waals surface area contributed by atoms with Crippen LogP contribution < -0.4 is 14.8 Å². The number of benzene rings is 1. The Hall–Kier alpha value is -3.09. The first kappa shape index (κ1) is 14.8. The maximum atomic E-state index is 12.1. The van der Waals surface area contributed by atoms with Crippen LogP contribution in [-0.4, -0.2) is 33.7 Å². The molecule has 0 atom stereocenters. The summed E-state index contributed by atoms with van der Waals surface area (Å²) in [6.07, 6.45) is 1.77. The summed E-state index contributed by atoms with van der Waals surface area (Å²) in [5.74, 6) is 0.320. The third kappa shape index (κ3) is 3.39. The van der Waals surface area contributed by atoms with E-state index in [4.69, 9.17) is 9.47 Å². The molecule has 0 spiro atoms. The zero-order chi connectivity index (χ0) is 16.1. The van der Waals surface area contributed by atoms with E-state index in [1.807, 2.05) is 31.2 Å². The molecule has 0 radical (unpaired) electrons. The lowest BCUT2D eigenvalue weighted by Crippen LogP contribution is -2.21. The Labute approximate surface area is 132 Å². The van der Waals surface area contributed by atoms with Crippen molar-refractivity contribution in [2.75, 3.05) is 18.5 Å².